The average Bonchev–Trinajstić information content (AvgIpc) is 2.04. The van der Waals surface area contributed by atoms with Gasteiger partial charge in [-0.3, -0.25) is 0 Å². The lowest BCUT2D eigenvalue weighted by molar-refractivity contribution is -0.171. The largest absolute Gasteiger partial charge is 0.380 e. The first-order valence-electron chi connectivity index (χ1n) is 3.94. The Labute approximate surface area is 77.0 Å². The monoisotopic (exact) mass is 194 g/mol. The predicted octanol–water partition coefficient (Wildman–Crippen LogP) is 2.26. The molecule has 3 heteroatoms. The minimum Gasteiger partial charge on any atom is -0.380 e. The number of hydrogen-bond donors (Lipinski definition) is 0. The molecule has 0 N–H and O–H groups in total. The highest BCUT2D eigenvalue weighted by molar-refractivity contribution is 6.19. The van der Waals surface area contributed by atoms with Crippen molar-refractivity contribution in [3.8, 4) is 0 Å². The zero-order chi connectivity index (χ0) is 7.95. The van der Waals surface area contributed by atoms with Gasteiger partial charge in [-0.1, -0.05) is 0 Å². The van der Waals surface area contributed by atoms with Gasteiger partial charge in [0.25, 0.3) is 0 Å². The molecule has 0 radical (unpaired) electrons. The van der Waals surface area contributed by atoms with E-state index in [1.807, 2.05) is 0 Å². The fraction of sp³-hybridized carbons (Fsp3) is 1.00. The van der Waals surface area contributed by atoms with Crippen LogP contribution in [0.2, 0.25) is 0 Å². The maximum atomic E-state index is 5.86. The third-order valence-corrected chi connectivity index (χ3v) is 4.02. The van der Waals surface area contributed by atoms with Crippen LogP contribution in [0.15, 0.2) is 0 Å². The number of hydrogen-bond acceptors (Lipinski definition) is 1. The first-order valence-corrected chi connectivity index (χ1v) is 5.01. The summed E-state index contributed by atoms with van der Waals surface area (Å²) >= 11 is 11.7. The second kappa shape index (κ2) is 2.51. The van der Waals surface area contributed by atoms with Crippen LogP contribution in [-0.2, 0) is 4.74 Å². The first-order chi connectivity index (χ1) is 5.24. The summed E-state index contributed by atoms with van der Waals surface area (Å²) in [7, 11) is 0. The molecule has 3 aliphatic rings. The van der Waals surface area contributed by atoms with Gasteiger partial charge in [-0.05, 0) is 12.8 Å². The maximum absolute atomic E-state index is 5.86. The molecular weight excluding hydrogens is 183 g/mol. The fourth-order valence-electron chi connectivity index (χ4n) is 2.49. The van der Waals surface area contributed by atoms with Crippen molar-refractivity contribution >= 4 is 23.2 Å². The summed E-state index contributed by atoms with van der Waals surface area (Å²) in [6, 6.07) is 0. The van der Waals surface area contributed by atoms with Crippen molar-refractivity contribution in [1.29, 1.82) is 0 Å². The number of alkyl halides is 2. The van der Waals surface area contributed by atoms with Crippen LogP contribution in [0.4, 0.5) is 0 Å². The molecular formula is C8H12Cl2O. The number of halogens is 2. The Balaban J connectivity index is 2.05. The highest BCUT2D eigenvalue weighted by atomic mass is 35.5. The van der Waals surface area contributed by atoms with Gasteiger partial charge in [-0.2, -0.15) is 0 Å². The maximum Gasteiger partial charge on any atom is 0.0534 e. The molecule has 3 fully saturated rings. The standard InChI is InChI=1S/C8H12Cl2O/c9-3-7-1-8(2-7,4-10)6-11-5-7/h1-6H2. The number of ether oxygens (including phenoxy) is 1. The molecule has 2 aliphatic heterocycles. The zero-order valence-corrected chi connectivity index (χ0v) is 7.92. The number of fused-ring (bicyclic) bond motifs is 2. The molecule has 2 bridgehead atoms. The average molecular weight is 195 g/mol. The molecule has 0 spiro atoms. The molecule has 0 aromatic rings. The van der Waals surface area contributed by atoms with E-state index >= 15 is 0 Å². The summed E-state index contributed by atoms with van der Waals surface area (Å²) < 4.78 is 5.45. The fourth-order valence-corrected chi connectivity index (χ4v) is 3.03. The molecule has 0 atom stereocenters. The molecule has 1 nitrogen and oxygen atoms in total. The second-order valence-electron chi connectivity index (χ2n) is 4.11. The van der Waals surface area contributed by atoms with E-state index in [2.05, 4.69) is 0 Å². The lowest BCUT2D eigenvalue weighted by Crippen LogP contribution is -2.58. The van der Waals surface area contributed by atoms with Gasteiger partial charge in [0.15, 0.2) is 0 Å². The van der Waals surface area contributed by atoms with Gasteiger partial charge in [-0.15, -0.1) is 23.2 Å². The van der Waals surface area contributed by atoms with E-state index in [0.29, 0.717) is 0 Å². The van der Waals surface area contributed by atoms with Crippen LogP contribution >= 0.6 is 23.2 Å². The topological polar surface area (TPSA) is 9.23 Å². The Hall–Kier alpha value is 0.540. The smallest absolute Gasteiger partial charge is 0.0534 e. The Bertz CT molecular complexity index is 147. The summed E-state index contributed by atoms with van der Waals surface area (Å²) in [5.41, 5.74) is 0.573. The molecule has 1 aliphatic carbocycles. The van der Waals surface area contributed by atoms with Crippen molar-refractivity contribution in [1.82, 2.24) is 0 Å². The molecule has 0 aromatic carbocycles. The summed E-state index contributed by atoms with van der Waals surface area (Å²) in [6.07, 6.45) is 2.35. The summed E-state index contributed by atoms with van der Waals surface area (Å²) in [5.74, 6) is 1.46. The molecule has 1 saturated carbocycles. The van der Waals surface area contributed by atoms with Gasteiger partial charge in [-0.25, -0.2) is 0 Å². The van der Waals surface area contributed by atoms with Crippen LogP contribution < -0.4 is 0 Å². The predicted molar refractivity (Wildman–Crippen MR) is 46.4 cm³/mol. The van der Waals surface area contributed by atoms with E-state index in [9.17, 15) is 0 Å². The Morgan fingerprint density at radius 1 is 1.00 bits per heavy atom. The van der Waals surface area contributed by atoms with Crippen LogP contribution in [0.25, 0.3) is 0 Å². The van der Waals surface area contributed by atoms with Gasteiger partial charge >= 0.3 is 0 Å². The normalized spacial score (nSPS) is 48.5. The van der Waals surface area contributed by atoms with Gasteiger partial charge < -0.3 is 4.74 Å². The van der Waals surface area contributed by atoms with Crippen molar-refractivity contribution in [3.05, 3.63) is 0 Å². The molecule has 2 saturated heterocycles. The molecule has 0 aromatic heterocycles. The van der Waals surface area contributed by atoms with E-state index in [-0.39, 0.29) is 10.8 Å². The molecule has 11 heavy (non-hydrogen) atoms. The highest BCUT2D eigenvalue weighted by Crippen LogP contribution is 2.58. The van der Waals surface area contributed by atoms with E-state index in [4.69, 9.17) is 27.9 Å². The van der Waals surface area contributed by atoms with Crippen molar-refractivity contribution in [2.45, 2.75) is 12.8 Å². The van der Waals surface area contributed by atoms with Crippen LogP contribution in [0, 0.1) is 10.8 Å². The van der Waals surface area contributed by atoms with Crippen molar-refractivity contribution in [3.63, 3.8) is 0 Å². The highest BCUT2D eigenvalue weighted by Gasteiger charge is 2.57. The van der Waals surface area contributed by atoms with Crippen LogP contribution in [0.5, 0.6) is 0 Å². The Morgan fingerprint density at radius 3 is 1.82 bits per heavy atom. The Kier molecular flexibility index (Phi) is 1.86. The summed E-state index contributed by atoms with van der Waals surface area (Å²) in [6.45, 7) is 1.68. The third-order valence-electron chi connectivity index (χ3n) is 2.88. The molecule has 0 unspecified atom stereocenters. The van der Waals surface area contributed by atoms with Crippen molar-refractivity contribution in [2.75, 3.05) is 25.0 Å². The minimum absolute atomic E-state index is 0.286. The van der Waals surface area contributed by atoms with Crippen LogP contribution in [0.3, 0.4) is 0 Å². The molecule has 3 rings (SSSR count). The lowest BCUT2D eigenvalue weighted by atomic mass is 9.53. The van der Waals surface area contributed by atoms with Gasteiger partial charge in [0.2, 0.25) is 0 Å². The lowest BCUT2D eigenvalue weighted by Gasteiger charge is -2.59. The van der Waals surface area contributed by atoms with Gasteiger partial charge in [0.1, 0.15) is 0 Å². The second-order valence-corrected chi connectivity index (χ2v) is 4.65. The van der Waals surface area contributed by atoms with Crippen molar-refractivity contribution < 1.29 is 4.74 Å². The van der Waals surface area contributed by atoms with Crippen LogP contribution in [0.1, 0.15) is 12.8 Å². The van der Waals surface area contributed by atoms with Crippen LogP contribution in [-0.4, -0.2) is 25.0 Å². The van der Waals surface area contributed by atoms with Crippen molar-refractivity contribution in [2.24, 2.45) is 10.8 Å². The minimum atomic E-state index is 0.286. The van der Waals surface area contributed by atoms with E-state index < -0.39 is 0 Å². The molecule has 2 heterocycles. The van der Waals surface area contributed by atoms with E-state index in [1.165, 1.54) is 12.8 Å². The quantitative estimate of drug-likeness (QED) is 0.614. The first kappa shape index (κ1) is 8.15. The van der Waals surface area contributed by atoms with Gasteiger partial charge in [0.05, 0.1) is 13.2 Å². The molecule has 64 valence electrons. The number of rotatable bonds is 2. The summed E-state index contributed by atoms with van der Waals surface area (Å²) in [4.78, 5) is 0. The van der Waals surface area contributed by atoms with E-state index in [0.717, 1.165) is 25.0 Å². The SMILES string of the molecule is ClCC12COCC(CCl)(C1)C2. The molecule has 0 amide bonds. The third kappa shape index (κ3) is 1.09. The van der Waals surface area contributed by atoms with E-state index in [1.54, 1.807) is 0 Å². The Morgan fingerprint density at radius 2 is 1.45 bits per heavy atom. The summed E-state index contributed by atoms with van der Waals surface area (Å²) in [5, 5.41) is 0. The van der Waals surface area contributed by atoms with Gasteiger partial charge in [0, 0.05) is 22.6 Å². The zero-order valence-electron chi connectivity index (χ0n) is 6.41.